The van der Waals surface area contributed by atoms with E-state index in [-0.39, 0.29) is 16.9 Å². The number of rotatable bonds is 3. The van der Waals surface area contributed by atoms with Gasteiger partial charge in [-0.1, -0.05) is 11.6 Å². The molecule has 0 saturated carbocycles. The molecule has 0 spiro atoms. The molecule has 3 nitrogen and oxygen atoms in total. The lowest BCUT2D eigenvalue weighted by Crippen LogP contribution is -2.36. The molecule has 0 saturated heterocycles. The van der Waals surface area contributed by atoms with Crippen LogP contribution in [-0.4, -0.2) is 24.6 Å². The lowest BCUT2D eigenvalue weighted by molar-refractivity contribution is -0.137. The largest absolute Gasteiger partial charge is 0.417 e. The molecular weight excluding hydrogens is 255 g/mol. The van der Waals surface area contributed by atoms with Gasteiger partial charge in [-0.25, -0.2) is 4.98 Å². The number of hydrogen-bond donors (Lipinski definition) is 1. The first-order valence-electron chi connectivity index (χ1n) is 4.93. The lowest BCUT2D eigenvalue weighted by atomic mass is 10.2. The predicted molar refractivity (Wildman–Crippen MR) is 61.2 cm³/mol. The summed E-state index contributed by atoms with van der Waals surface area (Å²) in [6, 6.07) is 0.806. The summed E-state index contributed by atoms with van der Waals surface area (Å²) in [4.78, 5) is 5.37. The summed E-state index contributed by atoms with van der Waals surface area (Å²) < 4.78 is 37.2. The first-order valence-corrected chi connectivity index (χ1v) is 5.30. The van der Waals surface area contributed by atoms with Crippen molar-refractivity contribution in [2.75, 3.05) is 18.5 Å². The highest BCUT2D eigenvalue weighted by molar-refractivity contribution is 6.33. The van der Waals surface area contributed by atoms with Crippen LogP contribution in [0.2, 0.25) is 5.02 Å². The number of pyridine rings is 1. The summed E-state index contributed by atoms with van der Waals surface area (Å²) in [6.45, 7) is 2.19. The predicted octanol–water partition coefficient (Wildman–Crippen LogP) is 2.54. The Labute approximate surface area is 102 Å². The molecule has 0 aliphatic rings. The zero-order valence-electron chi connectivity index (χ0n) is 9.42. The molecule has 0 amide bonds. The second kappa shape index (κ2) is 5.10. The molecule has 0 aliphatic carbocycles. The van der Waals surface area contributed by atoms with Crippen molar-refractivity contribution in [3.63, 3.8) is 0 Å². The van der Waals surface area contributed by atoms with Crippen LogP contribution in [0.25, 0.3) is 0 Å². The van der Waals surface area contributed by atoms with Crippen LogP contribution < -0.4 is 10.6 Å². The first-order chi connectivity index (χ1) is 7.77. The van der Waals surface area contributed by atoms with Gasteiger partial charge in [0.1, 0.15) is 5.82 Å². The summed E-state index contributed by atoms with van der Waals surface area (Å²) in [5.41, 5.74) is 4.61. The number of hydrogen-bond acceptors (Lipinski definition) is 3. The van der Waals surface area contributed by atoms with E-state index in [2.05, 4.69) is 4.98 Å². The molecule has 96 valence electrons. The molecule has 0 fully saturated rings. The fraction of sp³-hybridized carbons (Fsp3) is 0.500. The van der Waals surface area contributed by atoms with Gasteiger partial charge in [-0.05, 0) is 13.0 Å². The van der Waals surface area contributed by atoms with Crippen LogP contribution in [-0.2, 0) is 6.18 Å². The summed E-state index contributed by atoms with van der Waals surface area (Å²) in [5, 5.41) is -0.0392. The molecule has 1 atom stereocenters. The van der Waals surface area contributed by atoms with E-state index in [0.29, 0.717) is 6.54 Å². The van der Waals surface area contributed by atoms with Crippen LogP contribution in [0.4, 0.5) is 19.0 Å². The zero-order chi connectivity index (χ0) is 13.2. The fourth-order valence-electron chi connectivity index (χ4n) is 1.21. The number of halogens is 4. The van der Waals surface area contributed by atoms with E-state index in [0.717, 1.165) is 12.3 Å². The van der Waals surface area contributed by atoms with Gasteiger partial charge in [0.2, 0.25) is 0 Å². The molecule has 0 radical (unpaired) electrons. The van der Waals surface area contributed by atoms with Gasteiger partial charge < -0.3 is 10.6 Å². The number of alkyl halides is 3. The van der Waals surface area contributed by atoms with E-state index in [1.165, 1.54) is 0 Å². The van der Waals surface area contributed by atoms with E-state index < -0.39 is 11.7 Å². The smallest absolute Gasteiger partial charge is 0.354 e. The van der Waals surface area contributed by atoms with Crippen molar-refractivity contribution in [2.45, 2.75) is 19.1 Å². The maximum absolute atomic E-state index is 12.4. The molecule has 1 rings (SSSR count). The van der Waals surface area contributed by atoms with Crippen molar-refractivity contribution in [1.29, 1.82) is 0 Å². The molecule has 17 heavy (non-hydrogen) atoms. The normalized spacial score (nSPS) is 13.6. The SMILES string of the molecule is CC(CN)N(C)c1ncc(C(F)(F)F)cc1Cl. The number of nitrogens with two attached hydrogens (primary N) is 1. The summed E-state index contributed by atoms with van der Waals surface area (Å²) in [6.07, 6.45) is -3.67. The van der Waals surface area contributed by atoms with E-state index in [4.69, 9.17) is 17.3 Å². The highest BCUT2D eigenvalue weighted by atomic mass is 35.5. The van der Waals surface area contributed by atoms with E-state index in [1.807, 2.05) is 6.92 Å². The second-order valence-electron chi connectivity index (χ2n) is 3.72. The minimum Gasteiger partial charge on any atom is -0.354 e. The van der Waals surface area contributed by atoms with Gasteiger partial charge in [0, 0.05) is 25.8 Å². The van der Waals surface area contributed by atoms with Crippen molar-refractivity contribution in [1.82, 2.24) is 4.98 Å². The zero-order valence-corrected chi connectivity index (χ0v) is 10.2. The number of anilines is 1. The van der Waals surface area contributed by atoms with Crippen molar-refractivity contribution in [3.05, 3.63) is 22.8 Å². The topological polar surface area (TPSA) is 42.1 Å². The third-order valence-electron chi connectivity index (χ3n) is 2.49. The Kier molecular flexibility index (Phi) is 4.21. The Balaban J connectivity index is 3.06. The van der Waals surface area contributed by atoms with E-state index in [1.54, 1.807) is 11.9 Å². The van der Waals surface area contributed by atoms with Gasteiger partial charge >= 0.3 is 6.18 Å². The molecule has 1 aromatic rings. The fourth-order valence-corrected chi connectivity index (χ4v) is 1.51. The highest BCUT2D eigenvalue weighted by Gasteiger charge is 2.32. The molecular formula is C10H13ClF3N3. The van der Waals surface area contributed by atoms with Gasteiger partial charge in [0.15, 0.2) is 0 Å². The van der Waals surface area contributed by atoms with Crippen molar-refractivity contribution in [3.8, 4) is 0 Å². The Bertz CT molecular complexity index is 395. The number of aromatic nitrogens is 1. The van der Waals surface area contributed by atoms with Crippen LogP contribution >= 0.6 is 11.6 Å². The molecule has 0 aliphatic heterocycles. The minimum atomic E-state index is -4.44. The molecule has 0 bridgehead atoms. The monoisotopic (exact) mass is 267 g/mol. The molecule has 1 aromatic heterocycles. The second-order valence-corrected chi connectivity index (χ2v) is 4.13. The minimum absolute atomic E-state index is 0.0392. The maximum Gasteiger partial charge on any atom is 0.417 e. The number of nitrogens with zero attached hydrogens (tertiary/aromatic N) is 2. The average molecular weight is 268 g/mol. The quantitative estimate of drug-likeness (QED) is 0.915. The van der Waals surface area contributed by atoms with Crippen LogP contribution in [0.5, 0.6) is 0 Å². The molecule has 1 unspecified atom stereocenters. The van der Waals surface area contributed by atoms with Crippen LogP contribution in [0, 0.1) is 0 Å². The Morgan fingerprint density at radius 3 is 2.53 bits per heavy atom. The summed E-state index contributed by atoms with van der Waals surface area (Å²) >= 11 is 5.79. The Morgan fingerprint density at radius 1 is 1.53 bits per heavy atom. The van der Waals surface area contributed by atoms with E-state index >= 15 is 0 Å². The Hall–Kier alpha value is -1.01. The molecule has 0 aromatic carbocycles. The van der Waals surface area contributed by atoms with Gasteiger partial charge in [-0.2, -0.15) is 13.2 Å². The highest BCUT2D eigenvalue weighted by Crippen LogP contribution is 2.33. The van der Waals surface area contributed by atoms with E-state index in [9.17, 15) is 13.2 Å². The van der Waals surface area contributed by atoms with Crippen LogP contribution in [0.1, 0.15) is 12.5 Å². The average Bonchev–Trinajstić information content (AvgIpc) is 2.25. The van der Waals surface area contributed by atoms with Crippen molar-refractivity contribution >= 4 is 17.4 Å². The van der Waals surface area contributed by atoms with Gasteiger partial charge in [0.05, 0.1) is 10.6 Å². The number of likely N-dealkylation sites (N-methyl/N-ethyl adjacent to an activating group) is 1. The summed E-state index contributed by atoms with van der Waals surface area (Å²) in [7, 11) is 1.68. The summed E-state index contributed by atoms with van der Waals surface area (Å²) in [5.74, 6) is 0.289. The third-order valence-corrected chi connectivity index (χ3v) is 2.76. The van der Waals surface area contributed by atoms with Gasteiger partial charge in [0.25, 0.3) is 0 Å². The molecule has 2 N–H and O–H groups in total. The van der Waals surface area contributed by atoms with Crippen LogP contribution in [0.3, 0.4) is 0 Å². The lowest BCUT2D eigenvalue weighted by Gasteiger charge is -2.25. The maximum atomic E-state index is 12.4. The standard InChI is InChI=1S/C10H13ClF3N3/c1-6(4-15)17(2)9-8(11)3-7(5-16-9)10(12,13)14/h3,5-6H,4,15H2,1-2H3. The van der Waals surface area contributed by atoms with Crippen molar-refractivity contribution < 1.29 is 13.2 Å². The van der Waals surface area contributed by atoms with Crippen molar-refractivity contribution in [2.24, 2.45) is 5.73 Å². The van der Waals surface area contributed by atoms with Crippen LogP contribution in [0.15, 0.2) is 12.3 Å². The van der Waals surface area contributed by atoms with Gasteiger partial charge in [-0.3, -0.25) is 0 Å². The Morgan fingerprint density at radius 2 is 2.12 bits per heavy atom. The third kappa shape index (κ3) is 3.23. The first kappa shape index (κ1) is 14.1. The molecule has 7 heteroatoms. The molecule has 1 heterocycles. The van der Waals surface area contributed by atoms with Gasteiger partial charge in [-0.15, -0.1) is 0 Å².